The van der Waals surface area contributed by atoms with Crippen LogP contribution in [0.3, 0.4) is 0 Å². The summed E-state index contributed by atoms with van der Waals surface area (Å²) in [5.74, 6) is -1.98. The third-order valence-electron chi connectivity index (χ3n) is 4.82. The van der Waals surface area contributed by atoms with E-state index in [1.54, 1.807) is 0 Å². The molecule has 1 aliphatic heterocycles. The number of benzene rings is 2. The summed E-state index contributed by atoms with van der Waals surface area (Å²) in [7, 11) is -4.04. The predicted octanol–water partition coefficient (Wildman–Crippen LogP) is 4.54. The number of carbonyl (C=O) groups excluding carboxylic acids is 1. The zero-order valence-corrected chi connectivity index (χ0v) is 17.0. The van der Waals surface area contributed by atoms with Crippen LogP contribution in [0.5, 0.6) is 0 Å². The van der Waals surface area contributed by atoms with Gasteiger partial charge in [0.2, 0.25) is 15.9 Å². The van der Waals surface area contributed by atoms with Crippen molar-refractivity contribution in [1.29, 1.82) is 0 Å². The van der Waals surface area contributed by atoms with Gasteiger partial charge in [0.1, 0.15) is 10.7 Å². The molecule has 0 aliphatic carbocycles. The molecule has 2 aromatic carbocycles. The molecular weight excluding hydrogens is 448 g/mol. The highest BCUT2D eigenvalue weighted by molar-refractivity contribution is 7.89. The molecule has 0 atom stereocenters. The van der Waals surface area contributed by atoms with Crippen molar-refractivity contribution in [2.24, 2.45) is 5.92 Å². The lowest BCUT2D eigenvalue weighted by Crippen LogP contribution is -2.41. The summed E-state index contributed by atoms with van der Waals surface area (Å²) in [6.45, 7) is -0.0215. The number of rotatable bonds is 4. The average molecular weight is 465 g/mol. The first-order valence-electron chi connectivity index (χ1n) is 8.92. The minimum absolute atomic E-state index is 0.0107. The van der Waals surface area contributed by atoms with E-state index in [-0.39, 0.29) is 31.6 Å². The van der Waals surface area contributed by atoms with Crippen LogP contribution in [0, 0.1) is 11.7 Å². The summed E-state index contributed by atoms with van der Waals surface area (Å²) >= 11 is 5.56. The molecule has 1 fully saturated rings. The molecule has 0 aromatic heterocycles. The third-order valence-corrected chi connectivity index (χ3v) is 7.08. The van der Waals surface area contributed by atoms with Crippen LogP contribution >= 0.6 is 11.6 Å². The standard InChI is InChI=1S/C19H17ClF4N2O3S/c20-15-6-5-13(11-14(15)19(22,23)24)25-18(27)12-7-9-26(10-8-12)30(28,29)17-4-2-1-3-16(17)21/h1-6,11-12H,7-10H2,(H,25,27). The van der Waals surface area contributed by atoms with Gasteiger partial charge in [-0.2, -0.15) is 17.5 Å². The van der Waals surface area contributed by atoms with E-state index in [0.29, 0.717) is 0 Å². The van der Waals surface area contributed by atoms with Gasteiger partial charge in [-0.3, -0.25) is 4.79 Å². The zero-order chi connectivity index (χ0) is 22.1. The Labute approximate surface area is 175 Å². The summed E-state index contributed by atoms with van der Waals surface area (Å²) < 4.78 is 79.1. The first kappa shape index (κ1) is 22.5. The van der Waals surface area contributed by atoms with Crippen LogP contribution in [0.2, 0.25) is 5.02 Å². The largest absolute Gasteiger partial charge is 0.417 e. The summed E-state index contributed by atoms with van der Waals surface area (Å²) in [6.07, 6.45) is -4.36. The van der Waals surface area contributed by atoms with Gasteiger partial charge in [-0.15, -0.1) is 0 Å². The molecule has 0 radical (unpaired) electrons. The van der Waals surface area contributed by atoms with Gasteiger partial charge in [0.05, 0.1) is 10.6 Å². The Kier molecular flexibility index (Phi) is 6.40. The minimum Gasteiger partial charge on any atom is -0.326 e. The summed E-state index contributed by atoms with van der Waals surface area (Å²) in [6, 6.07) is 8.06. The maximum atomic E-state index is 13.9. The normalized spacial score (nSPS) is 16.4. The van der Waals surface area contributed by atoms with E-state index in [2.05, 4.69) is 5.32 Å². The van der Waals surface area contributed by atoms with Crippen molar-refractivity contribution >= 4 is 33.2 Å². The van der Waals surface area contributed by atoms with Crippen molar-refractivity contribution < 1.29 is 30.8 Å². The van der Waals surface area contributed by atoms with E-state index >= 15 is 0 Å². The van der Waals surface area contributed by atoms with Crippen LogP contribution < -0.4 is 5.32 Å². The van der Waals surface area contributed by atoms with Crippen molar-refractivity contribution in [3.05, 3.63) is 58.9 Å². The molecule has 1 N–H and O–H groups in total. The van der Waals surface area contributed by atoms with Crippen molar-refractivity contribution in [1.82, 2.24) is 4.31 Å². The maximum absolute atomic E-state index is 13.9. The monoisotopic (exact) mass is 464 g/mol. The third kappa shape index (κ3) is 4.76. The molecule has 2 aromatic rings. The Morgan fingerprint density at radius 2 is 1.73 bits per heavy atom. The first-order chi connectivity index (χ1) is 14.0. The number of amides is 1. The van der Waals surface area contributed by atoms with Crippen molar-refractivity contribution in [3.8, 4) is 0 Å². The lowest BCUT2D eigenvalue weighted by atomic mass is 9.97. The van der Waals surface area contributed by atoms with Crippen molar-refractivity contribution in [3.63, 3.8) is 0 Å². The second-order valence-corrected chi connectivity index (χ2v) is 9.10. The molecule has 1 saturated heterocycles. The fourth-order valence-corrected chi connectivity index (χ4v) is 4.98. The topological polar surface area (TPSA) is 66.5 Å². The van der Waals surface area contributed by atoms with E-state index in [1.165, 1.54) is 24.3 Å². The van der Waals surface area contributed by atoms with Gasteiger partial charge < -0.3 is 5.32 Å². The van der Waals surface area contributed by atoms with Gasteiger partial charge in [0.15, 0.2) is 0 Å². The van der Waals surface area contributed by atoms with E-state index in [9.17, 15) is 30.8 Å². The van der Waals surface area contributed by atoms with Gasteiger partial charge in [0.25, 0.3) is 0 Å². The fraction of sp³-hybridized carbons (Fsp3) is 0.316. The number of piperidine rings is 1. The summed E-state index contributed by atoms with van der Waals surface area (Å²) in [5.41, 5.74) is -1.12. The Balaban J connectivity index is 1.66. The maximum Gasteiger partial charge on any atom is 0.417 e. The molecule has 0 saturated carbocycles. The minimum atomic E-state index is -4.66. The highest BCUT2D eigenvalue weighted by Crippen LogP contribution is 2.36. The molecule has 0 spiro atoms. The Hall–Kier alpha value is -2.17. The number of hydrogen-bond acceptors (Lipinski definition) is 3. The second kappa shape index (κ2) is 8.52. The predicted molar refractivity (Wildman–Crippen MR) is 103 cm³/mol. The highest BCUT2D eigenvalue weighted by atomic mass is 35.5. The van der Waals surface area contributed by atoms with E-state index in [1.807, 2.05) is 0 Å². The molecule has 162 valence electrons. The number of hydrogen-bond donors (Lipinski definition) is 1. The van der Waals surface area contributed by atoms with Gasteiger partial charge in [0, 0.05) is 24.7 Å². The smallest absolute Gasteiger partial charge is 0.326 e. The fourth-order valence-electron chi connectivity index (χ4n) is 3.22. The average Bonchev–Trinajstić information content (AvgIpc) is 2.69. The lowest BCUT2D eigenvalue weighted by molar-refractivity contribution is -0.137. The molecule has 11 heteroatoms. The Bertz CT molecular complexity index is 1050. The van der Waals surface area contributed by atoms with Gasteiger partial charge >= 0.3 is 6.18 Å². The molecule has 3 rings (SSSR count). The number of nitrogens with zero attached hydrogens (tertiary/aromatic N) is 1. The van der Waals surface area contributed by atoms with Crippen molar-refractivity contribution in [2.45, 2.75) is 23.9 Å². The lowest BCUT2D eigenvalue weighted by Gasteiger charge is -2.30. The van der Waals surface area contributed by atoms with Crippen LogP contribution in [0.15, 0.2) is 47.4 Å². The number of carbonyl (C=O) groups is 1. The first-order valence-corrected chi connectivity index (χ1v) is 10.7. The quantitative estimate of drug-likeness (QED) is 0.676. The zero-order valence-electron chi connectivity index (χ0n) is 15.4. The van der Waals surface area contributed by atoms with E-state index < -0.39 is 49.3 Å². The van der Waals surface area contributed by atoms with Gasteiger partial charge in [-0.05, 0) is 43.2 Å². The molecule has 1 amide bonds. The highest BCUT2D eigenvalue weighted by Gasteiger charge is 2.35. The summed E-state index contributed by atoms with van der Waals surface area (Å²) in [4.78, 5) is 12.0. The van der Waals surface area contributed by atoms with E-state index in [0.717, 1.165) is 22.5 Å². The molecule has 0 unspecified atom stereocenters. The van der Waals surface area contributed by atoms with Crippen LogP contribution in [-0.4, -0.2) is 31.7 Å². The molecule has 0 bridgehead atoms. The second-order valence-electron chi connectivity index (χ2n) is 6.79. The molecule has 1 heterocycles. The number of alkyl halides is 3. The molecule has 1 aliphatic rings. The Morgan fingerprint density at radius 1 is 1.10 bits per heavy atom. The molecular formula is C19H17ClF4N2O3S. The number of anilines is 1. The number of nitrogens with one attached hydrogen (secondary N) is 1. The van der Waals surface area contributed by atoms with Crippen LogP contribution in [-0.2, 0) is 21.0 Å². The SMILES string of the molecule is O=C(Nc1ccc(Cl)c(C(F)(F)F)c1)C1CCN(S(=O)(=O)c2ccccc2F)CC1. The Morgan fingerprint density at radius 3 is 2.33 bits per heavy atom. The van der Waals surface area contributed by atoms with Gasteiger partial charge in [-0.1, -0.05) is 23.7 Å². The van der Waals surface area contributed by atoms with Crippen LogP contribution in [0.25, 0.3) is 0 Å². The van der Waals surface area contributed by atoms with Crippen molar-refractivity contribution in [2.75, 3.05) is 18.4 Å². The van der Waals surface area contributed by atoms with E-state index in [4.69, 9.17) is 11.6 Å². The number of sulfonamides is 1. The van der Waals surface area contributed by atoms with Crippen LogP contribution in [0.1, 0.15) is 18.4 Å². The number of halogens is 5. The van der Waals surface area contributed by atoms with Gasteiger partial charge in [-0.25, -0.2) is 12.8 Å². The molecule has 5 nitrogen and oxygen atoms in total. The molecule has 30 heavy (non-hydrogen) atoms. The summed E-state index contributed by atoms with van der Waals surface area (Å²) in [5, 5.41) is 1.94. The van der Waals surface area contributed by atoms with Crippen LogP contribution in [0.4, 0.5) is 23.2 Å².